The minimum absolute atomic E-state index is 0. The Bertz CT molecular complexity index is 143. The average molecular weight is 166 g/mol. The van der Waals surface area contributed by atoms with Crippen molar-refractivity contribution in [2.45, 2.75) is 34.1 Å². The number of carbonyl (C=O) groups is 1. The monoisotopic (exact) mass is 166 g/mol. The first-order chi connectivity index (χ1) is 4.87. The van der Waals surface area contributed by atoms with E-state index in [2.05, 4.69) is 25.5 Å². The maximum atomic E-state index is 11.0. The van der Waals surface area contributed by atoms with E-state index in [1.807, 2.05) is 6.92 Å². The summed E-state index contributed by atoms with van der Waals surface area (Å²) in [6.45, 7) is 8.25. The molecule has 0 spiro atoms. The van der Waals surface area contributed by atoms with E-state index in [1.54, 1.807) is 0 Å². The molecule has 0 saturated heterocycles. The Balaban J connectivity index is -0.000000500. The molecule has 0 heterocycles. The smallest absolute Gasteiger partial charge is 1.00 e. The molecule has 0 aliphatic rings. The van der Waals surface area contributed by atoms with Crippen LogP contribution in [0.15, 0.2) is 0 Å². The molecule has 2 nitrogen and oxygen atoms in total. The van der Waals surface area contributed by atoms with Gasteiger partial charge in [-0.1, -0.05) is 27.7 Å². The fourth-order valence-corrected chi connectivity index (χ4v) is 1.20. The van der Waals surface area contributed by atoms with Gasteiger partial charge in [0.05, 0.1) is 13.0 Å². The summed E-state index contributed by atoms with van der Waals surface area (Å²) in [4.78, 5) is 11.0. The van der Waals surface area contributed by atoms with Crippen LogP contribution in [-0.4, -0.2) is 13.1 Å². The number of carbonyl (C=O) groups excluding carboxylic acids is 1. The van der Waals surface area contributed by atoms with Gasteiger partial charge < -0.3 is 6.16 Å². The topological polar surface area (TPSA) is 26.3 Å². The van der Waals surface area contributed by atoms with Crippen molar-refractivity contribution >= 4 is 5.97 Å². The summed E-state index contributed by atoms with van der Waals surface area (Å²) in [5.74, 6) is -0.0973. The van der Waals surface area contributed by atoms with Crippen LogP contribution in [0.1, 0.15) is 35.5 Å². The number of hydrogen-bond donors (Lipinski definition) is 0. The van der Waals surface area contributed by atoms with Crippen molar-refractivity contribution in [1.29, 1.82) is 0 Å². The van der Waals surface area contributed by atoms with E-state index in [9.17, 15) is 4.79 Å². The fourth-order valence-electron chi connectivity index (χ4n) is 1.20. The maximum absolute atomic E-state index is 11.0. The van der Waals surface area contributed by atoms with Crippen molar-refractivity contribution < 1.29 is 29.8 Å². The zero-order chi connectivity index (χ0) is 9.07. The first-order valence-electron chi connectivity index (χ1n) is 3.94. The molecule has 0 rings (SSSR count). The third-order valence-electron chi connectivity index (χ3n) is 1.52. The minimum Gasteiger partial charge on any atom is -1.00 e. The standard InChI is InChI=1S/C9H18O2.Li.H/c1-7(8(10)11-5)6-9(2,3)4;;/h7H,6H2,1-5H3;;/q;+1;-1. The molecule has 0 amide bonds. The van der Waals surface area contributed by atoms with Gasteiger partial charge in [0.15, 0.2) is 0 Å². The van der Waals surface area contributed by atoms with Crippen LogP contribution >= 0.6 is 0 Å². The van der Waals surface area contributed by atoms with Gasteiger partial charge >= 0.3 is 24.8 Å². The summed E-state index contributed by atoms with van der Waals surface area (Å²) < 4.78 is 4.62. The molecule has 0 N–H and O–H groups in total. The van der Waals surface area contributed by atoms with E-state index in [1.165, 1.54) is 7.11 Å². The van der Waals surface area contributed by atoms with E-state index < -0.39 is 0 Å². The van der Waals surface area contributed by atoms with Gasteiger partial charge in [0.25, 0.3) is 0 Å². The van der Waals surface area contributed by atoms with Crippen LogP contribution in [-0.2, 0) is 9.53 Å². The Morgan fingerprint density at radius 1 is 1.50 bits per heavy atom. The summed E-state index contributed by atoms with van der Waals surface area (Å²) in [6, 6.07) is 0. The molecule has 1 atom stereocenters. The second kappa shape index (κ2) is 5.67. The van der Waals surface area contributed by atoms with Gasteiger partial charge in [-0.3, -0.25) is 4.79 Å². The Morgan fingerprint density at radius 3 is 2.17 bits per heavy atom. The van der Waals surface area contributed by atoms with Crippen LogP contribution in [0.4, 0.5) is 0 Å². The van der Waals surface area contributed by atoms with Gasteiger partial charge in [-0.05, 0) is 11.8 Å². The van der Waals surface area contributed by atoms with Crippen LogP contribution in [0.25, 0.3) is 0 Å². The SMILES string of the molecule is COC(=O)C(C)CC(C)(C)C.[H-].[Li+]. The normalized spacial score (nSPS) is 13.1. The van der Waals surface area contributed by atoms with Crippen molar-refractivity contribution in [3.63, 3.8) is 0 Å². The van der Waals surface area contributed by atoms with Gasteiger partial charge in [-0.15, -0.1) is 0 Å². The molecule has 0 aliphatic heterocycles. The molecule has 3 heteroatoms. The second-order valence-corrected chi connectivity index (χ2v) is 4.19. The summed E-state index contributed by atoms with van der Waals surface area (Å²) in [6.07, 6.45) is 0.875. The van der Waals surface area contributed by atoms with Crippen LogP contribution < -0.4 is 18.9 Å². The van der Waals surface area contributed by atoms with Crippen molar-refractivity contribution in [3.8, 4) is 0 Å². The molecule has 1 unspecified atom stereocenters. The predicted molar refractivity (Wildman–Crippen MR) is 46.4 cm³/mol. The van der Waals surface area contributed by atoms with Crippen LogP contribution in [0.3, 0.4) is 0 Å². The zero-order valence-corrected chi connectivity index (χ0v) is 9.10. The van der Waals surface area contributed by atoms with E-state index in [0.717, 1.165) is 6.42 Å². The predicted octanol–water partition coefficient (Wildman–Crippen LogP) is -0.652. The molecule has 0 fully saturated rings. The molecule has 68 valence electrons. The maximum Gasteiger partial charge on any atom is 1.00 e. The van der Waals surface area contributed by atoms with Gasteiger partial charge in [0.2, 0.25) is 0 Å². The number of hydrogen-bond acceptors (Lipinski definition) is 2. The molecule has 12 heavy (non-hydrogen) atoms. The Kier molecular flexibility index (Phi) is 6.89. The van der Waals surface area contributed by atoms with Crippen LogP contribution in [0.2, 0.25) is 0 Å². The fraction of sp³-hybridized carbons (Fsp3) is 0.889. The molecule has 0 saturated carbocycles. The van der Waals surface area contributed by atoms with Gasteiger partial charge in [-0.25, -0.2) is 0 Å². The Morgan fingerprint density at radius 2 is 1.92 bits per heavy atom. The number of methoxy groups -OCH3 is 1. The molecule has 0 aromatic heterocycles. The molecule has 0 bridgehead atoms. The minimum atomic E-state index is -0.111. The van der Waals surface area contributed by atoms with Crippen LogP contribution in [0, 0.1) is 11.3 Å². The number of ether oxygens (including phenoxy) is 1. The second-order valence-electron chi connectivity index (χ2n) is 4.19. The Hall–Kier alpha value is 0.0674. The third-order valence-corrected chi connectivity index (χ3v) is 1.52. The molecular formula is C9H19LiO2. The summed E-state index contributed by atoms with van der Waals surface area (Å²) >= 11 is 0. The van der Waals surface area contributed by atoms with E-state index >= 15 is 0 Å². The average Bonchev–Trinajstić information content (AvgIpc) is 1.82. The number of esters is 1. The number of rotatable bonds is 2. The molecule has 0 aliphatic carbocycles. The zero-order valence-electron chi connectivity index (χ0n) is 10.1. The van der Waals surface area contributed by atoms with E-state index in [0.29, 0.717) is 0 Å². The van der Waals surface area contributed by atoms with E-state index in [4.69, 9.17) is 0 Å². The van der Waals surface area contributed by atoms with Crippen molar-refractivity contribution in [1.82, 2.24) is 0 Å². The van der Waals surface area contributed by atoms with Gasteiger partial charge in [0, 0.05) is 0 Å². The molecule has 0 radical (unpaired) electrons. The van der Waals surface area contributed by atoms with Crippen molar-refractivity contribution in [2.75, 3.05) is 7.11 Å². The third kappa shape index (κ3) is 6.76. The molecular weight excluding hydrogens is 147 g/mol. The Labute approximate surface area is 88.7 Å². The summed E-state index contributed by atoms with van der Waals surface area (Å²) in [5.41, 5.74) is 0.202. The van der Waals surface area contributed by atoms with Crippen LogP contribution in [0.5, 0.6) is 0 Å². The largest absolute Gasteiger partial charge is 1.00 e. The first kappa shape index (κ1) is 14.6. The molecule has 0 aromatic carbocycles. The van der Waals surface area contributed by atoms with Gasteiger partial charge in [-0.2, -0.15) is 0 Å². The van der Waals surface area contributed by atoms with E-state index in [-0.39, 0.29) is 37.6 Å². The summed E-state index contributed by atoms with van der Waals surface area (Å²) in [7, 11) is 1.43. The van der Waals surface area contributed by atoms with Crippen molar-refractivity contribution in [2.24, 2.45) is 11.3 Å². The quantitative estimate of drug-likeness (QED) is 0.402. The molecule has 0 aromatic rings. The van der Waals surface area contributed by atoms with Gasteiger partial charge in [0.1, 0.15) is 0 Å². The first-order valence-corrected chi connectivity index (χ1v) is 3.94. The van der Waals surface area contributed by atoms with Crippen molar-refractivity contribution in [3.05, 3.63) is 0 Å². The summed E-state index contributed by atoms with van der Waals surface area (Å²) in [5, 5.41) is 0.